The molecule has 5 aromatic rings. The standard InChI is InChI=1S/2C25H19O3S.C19H11N.2Fe/c2*1-18(26)29-23-14-10-20(11-15-23)9-13-22-17-24(27-2)21(16-25(22)28-3)12-8-19-6-4-5-7-19;1-2-6-16(5-1)9-10-18-12-14-19(20-15-18)13-11-17-7-3-4-8-17;;/h2*4-7,10-11,14-17H,1-3H3;1-8,12,14-15H;;/q;;;2*+2. The van der Waals surface area contributed by atoms with E-state index in [0.717, 1.165) is 67.0 Å². The van der Waals surface area contributed by atoms with Crippen LogP contribution in [-0.4, -0.2) is 43.7 Å². The molecule has 1 aromatic heterocycles. The summed E-state index contributed by atoms with van der Waals surface area (Å²) in [5, 5.41) is 0.115. The Balaban J connectivity index is 0.000000222. The van der Waals surface area contributed by atoms with Gasteiger partial charge in [0.25, 0.3) is 0 Å². The van der Waals surface area contributed by atoms with Crippen molar-refractivity contribution in [1.82, 2.24) is 4.98 Å². The predicted octanol–water partition coefficient (Wildman–Crippen LogP) is 11.6. The number of aromatic nitrogens is 1. The Morgan fingerprint density at radius 3 is 0.925 bits per heavy atom. The largest absolute Gasteiger partial charge is 2.00 e. The molecule has 390 valence electrons. The van der Waals surface area contributed by atoms with Crippen LogP contribution in [0.4, 0.5) is 0 Å². The van der Waals surface area contributed by atoms with E-state index >= 15 is 0 Å². The Morgan fingerprint density at radius 1 is 0.362 bits per heavy atom. The van der Waals surface area contributed by atoms with Gasteiger partial charge in [-0.25, -0.2) is 4.98 Å². The van der Waals surface area contributed by atoms with Gasteiger partial charge in [-0.05, 0) is 169 Å². The second kappa shape index (κ2) is 34.7. The summed E-state index contributed by atoms with van der Waals surface area (Å²) in [6.45, 7) is 3.10. The molecule has 0 saturated heterocycles. The maximum Gasteiger partial charge on any atom is 2.00 e. The van der Waals surface area contributed by atoms with Gasteiger partial charge in [-0.2, -0.15) is 0 Å². The molecule has 0 unspecified atom stereocenters. The average molecular weight is 1160 g/mol. The molecule has 80 heavy (non-hydrogen) atoms. The topological polar surface area (TPSA) is 84.0 Å². The first kappa shape index (κ1) is 64.5. The van der Waals surface area contributed by atoms with E-state index in [1.807, 2.05) is 188 Å². The van der Waals surface area contributed by atoms with Crippen molar-refractivity contribution in [2.45, 2.75) is 23.6 Å². The van der Waals surface area contributed by atoms with Crippen LogP contribution < -0.4 is 18.9 Å². The number of thioether (sulfide) groups is 2. The van der Waals surface area contributed by atoms with Gasteiger partial charge >= 0.3 is 34.1 Å². The van der Waals surface area contributed by atoms with Crippen molar-refractivity contribution in [3.63, 3.8) is 0 Å². The van der Waals surface area contributed by atoms with E-state index in [2.05, 4.69) is 76.0 Å². The summed E-state index contributed by atoms with van der Waals surface area (Å²) in [6, 6.07) is 26.3. The molecule has 9 rings (SSSR count). The van der Waals surface area contributed by atoms with E-state index in [1.165, 1.54) is 23.5 Å². The molecule has 4 aromatic carbocycles. The molecule has 1 heterocycles. The van der Waals surface area contributed by atoms with Gasteiger partial charge in [-0.15, -0.1) is 0 Å². The Bertz CT molecular complexity index is 3030. The number of carbonyl (C=O) groups is 2. The van der Waals surface area contributed by atoms with Crippen molar-refractivity contribution < 1.29 is 62.7 Å². The molecule has 0 amide bonds. The molecule has 4 aliphatic rings. The van der Waals surface area contributed by atoms with E-state index in [0.29, 0.717) is 34.1 Å². The number of ether oxygens (including phenoxy) is 4. The van der Waals surface area contributed by atoms with E-state index in [-0.39, 0.29) is 44.4 Å². The summed E-state index contributed by atoms with van der Waals surface area (Å²) in [5.41, 5.74) is 6.24. The number of pyridine rings is 1. The number of carbonyl (C=O) groups excluding carboxylic acids is 2. The van der Waals surface area contributed by atoms with Gasteiger partial charge in [0.05, 0.1) is 74.4 Å². The van der Waals surface area contributed by atoms with Crippen LogP contribution >= 0.6 is 23.5 Å². The Labute approximate surface area is 506 Å². The number of rotatable bonds is 6. The molecule has 0 spiro atoms. The zero-order valence-corrected chi connectivity index (χ0v) is 48.2. The summed E-state index contributed by atoms with van der Waals surface area (Å²) >= 11 is 2.40. The number of benzene rings is 4. The van der Waals surface area contributed by atoms with Crippen LogP contribution in [0.25, 0.3) is 0 Å². The van der Waals surface area contributed by atoms with Crippen molar-refractivity contribution in [3.05, 3.63) is 262 Å². The van der Waals surface area contributed by atoms with Crippen LogP contribution in [0.2, 0.25) is 0 Å². The minimum absolute atomic E-state index is 0. The molecular formula is C69H49Fe2NO6S2+4. The first-order valence-electron chi connectivity index (χ1n) is 24.1. The summed E-state index contributed by atoms with van der Waals surface area (Å²) < 4.78 is 22.0. The summed E-state index contributed by atoms with van der Waals surface area (Å²) in [4.78, 5) is 28.5. The van der Waals surface area contributed by atoms with E-state index in [1.54, 1.807) is 48.5 Å². The zero-order chi connectivity index (χ0) is 54.9. The minimum Gasteiger partial charge on any atom is -0.495 e. The van der Waals surface area contributed by atoms with E-state index < -0.39 is 0 Å². The third-order valence-corrected chi connectivity index (χ3v) is 12.3. The second-order valence-electron chi connectivity index (χ2n) is 16.4. The molecule has 4 saturated carbocycles. The van der Waals surface area contributed by atoms with Crippen LogP contribution in [0.5, 0.6) is 23.0 Å². The fraction of sp³-hybridized carbons (Fsp3) is 0.0870. The third-order valence-electron chi connectivity index (χ3n) is 10.7. The van der Waals surface area contributed by atoms with Crippen molar-refractivity contribution in [1.29, 1.82) is 0 Å². The van der Waals surface area contributed by atoms with Crippen molar-refractivity contribution >= 4 is 33.8 Å². The zero-order valence-electron chi connectivity index (χ0n) is 44.3. The number of hydrogen-bond donors (Lipinski definition) is 0. The van der Waals surface area contributed by atoms with Gasteiger partial charge in [0, 0.05) is 70.8 Å². The van der Waals surface area contributed by atoms with E-state index in [4.69, 9.17) is 18.9 Å². The maximum atomic E-state index is 11.2. The summed E-state index contributed by atoms with van der Waals surface area (Å²) in [5.74, 6) is 43.8. The molecule has 0 aliphatic heterocycles. The fourth-order valence-corrected chi connectivity index (χ4v) is 8.15. The molecule has 11 heteroatoms. The van der Waals surface area contributed by atoms with Crippen LogP contribution in [-0.2, 0) is 43.7 Å². The van der Waals surface area contributed by atoms with Crippen molar-refractivity contribution in [3.8, 4) is 94.0 Å². The molecule has 7 nitrogen and oxygen atoms in total. The minimum atomic E-state index is 0. The molecular weight excluding hydrogens is 1110 g/mol. The Morgan fingerprint density at radius 2 is 0.637 bits per heavy atom. The molecule has 0 N–H and O–H groups in total. The second-order valence-corrected chi connectivity index (χ2v) is 18.9. The summed E-state index contributed by atoms with van der Waals surface area (Å²) in [7, 11) is 6.43. The van der Waals surface area contributed by atoms with Crippen LogP contribution in [0.1, 0.15) is 58.5 Å². The van der Waals surface area contributed by atoms with Gasteiger partial charge in [0.1, 0.15) is 28.7 Å². The Hall–Kier alpha value is -6.33. The van der Waals surface area contributed by atoms with Crippen molar-refractivity contribution in [2.24, 2.45) is 0 Å². The quantitative estimate of drug-likeness (QED) is 0.0938. The molecule has 0 bridgehead atoms. The monoisotopic (exact) mass is 1160 g/mol. The average Bonchev–Trinajstić information content (AvgIpc) is 4.34. The first-order valence-corrected chi connectivity index (χ1v) is 25.7. The van der Waals surface area contributed by atoms with Crippen LogP contribution in [0, 0.1) is 197 Å². The fourth-order valence-electron chi connectivity index (χ4n) is 6.94. The molecule has 20 radical (unpaired) electrons. The van der Waals surface area contributed by atoms with Crippen LogP contribution in [0.3, 0.4) is 0 Å². The van der Waals surface area contributed by atoms with Gasteiger partial charge in [0.15, 0.2) is 10.2 Å². The Kier molecular flexibility index (Phi) is 28.0. The smallest absolute Gasteiger partial charge is 0.495 e. The normalized spacial score (nSPS) is 14.3. The molecule has 4 fully saturated rings. The molecule has 4 aliphatic carbocycles. The van der Waals surface area contributed by atoms with E-state index in [9.17, 15) is 9.59 Å². The summed E-state index contributed by atoms with van der Waals surface area (Å²) in [6.07, 6.45) is 33.2. The van der Waals surface area contributed by atoms with Gasteiger partial charge in [-0.3, -0.25) is 9.59 Å². The van der Waals surface area contributed by atoms with Crippen molar-refractivity contribution in [2.75, 3.05) is 28.4 Å². The number of hydrogen-bond acceptors (Lipinski definition) is 9. The van der Waals surface area contributed by atoms with Gasteiger partial charge in [0.2, 0.25) is 0 Å². The van der Waals surface area contributed by atoms with Gasteiger partial charge in [-0.1, -0.05) is 88.6 Å². The molecule has 0 atom stereocenters. The van der Waals surface area contributed by atoms with Crippen LogP contribution in [0.15, 0.2) is 101 Å². The van der Waals surface area contributed by atoms with Gasteiger partial charge < -0.3 is 18.9 Å². The maximum absolute atomic E-state index is 11.2. The first-order chi connectivity index (χ1) is 38.1. The predicted molar refractivity (Wildman–Crippen MR) is 311 cm³/mol. The third kappa shape index (κ3) is 21.3. The SMILES string of the molecule is C(#Cc1ccc(C#C[C]2[CH][CH][CH][CH]2)nc1)[C]1[CH][CH][CH][CH]1.COc1cc(C#Cc2ccc(SC(C)=O)cc2)c(OC)cc1C#C[C]1[CH][CH][CH][CH]1.COc1cc(C#Cc2ccc(SC(C)=O)cc2)c(OC)cc1C#C[C]1[CH][CH][CH][CH]1.[Fe+2].[Fe+2]. The number of nitrogens with zero attached hydrogens (tertiary/aromatic N) is 1. The number of methoxy groups -OCH3 is 4.